The molecule has 0 aliphatic rings. The van der Waals surface area contributed by atoms with E-state index in [9.17, 15) is 0 Å². The fourth-order valence-corrected chi connectivity index (χ4v) is 4.31. The first-order valence-corrected chi connectivity index (χ1v) is 11.8. The van der Waals surface area contributed by atoms with Crippen molar-refractivity contribution in [2.45, 2.75) is 13.8 Å². The summed E-state index contributed by atoms with van der Waals surface area (Å²) in [5, 5.41) is 13.2. The topological polar surface area (TPSA) is 95.2 Å². The Labute approximate surface area is 208 Å². The lowest BCUT2D eigenvalue weighted by atomic mass is 10.0. The fourth-order valence-electron chi connectivity index (χ4n) is 4.31. The number of aromatic nitrogens is 6. The van der Waals surface area contributed by atoms with Crippen LogP contribution in [-0.2, 0) is 0 Å². The zero-order valence-electron chi connectivity index (χ0n) is 20.1. The molecule has 0 bridgehead atoms. The molecule has 0 atom stereocenters. The lowest BCUT2D eigenvalue weighted by Crippen LogP contribution is -2.04. The zero-order valence-corrected chi connectivity index (χ0v) is 20.1. The summed E-state index contributed by atoms with van der Waals surface area (Å²) >= 11 is 0. The highest BCUT2D eigenvalue weighted by molar-refractivity contribution is 6.01. The molecule has 0 spiro atoms. The Kier molecular flexibility index (Phi) is 5.30. The second-order valence-electron chi connectivity index (χ2n) is 9.15. The average molecular weight is 472 g/mol. The highest BCUT2D eigenvalue weighted by Crippen LogP contribution is 2.34. The lowest BCUT2D eigenvalue weighted by Gasteiger charge is -2.13. The molecule has 5 heterocycles. The summed E-state index contributed by atoms with van der Waals surface area (Å²) in [6.07, 6.45) is 9.11. The van der Waals surface area contributed by atoms with E-state index in [4.69, 9.17) is 0 Å². The molecule has 3 N–H and O–H groups in total. The van der Waals surface area contributed by atoms with Gasteiger partial charge in [-0.3, -0.25) is 20.1 Å². The van der Waals surface area contributed by atoms with Crippen LogP contribution in [0.4, 0.5) is 5.69 Å². The first kappa shape index (κ1) is 21.7. The molecule has 0 amide bonds. The Balaban J connectivity index is 1.41. The number of fused-ring (bicyclic) bond motifs is 2. The minimum Gasteiger partial charge on any atom is -0.358 e. The number of nitrogens with zero attached hydrogens (tertiary/aromatic N) is 4. The van der Waals surface area contributed by atoms with E-state index < -0.39 is 0 Å². The molecule has 6 aromatic rings. The number of pyridine rings is 3. The van der Waals surface area contributed by atoms with E-state index in [-0.39, 0.29) is 0 Å². The number of nitrogens with one attached hydrogen (secondary N) is 3. The Morgan fingerprint density at radius 1 is 0.889 bits per heavy atom. The third-order valence-corrected chi connectivity index (χ3v) is 6.37. The summed E-state index contributed by atoms with van der Waals surface area (Å²) in [5.74, 6) is 0.326. The monoisotopic (exact) mass is 471 g/mol. The molecule has 6 rings (SSSR count). The zero-order chi connectivity index (χ0) is 24.6. The smallest absolute Gasteiger partial charge is 0.116 e. The van der Waals surface area contributed by atoms with Crippen LogP contribution >= 0.6 is 0 Å². The third-order valence-electron chi connectivity index (χ3n) is 6.37. The van der Waals surface area contributed by atoms with E-state index in [0.717, 1.165) is 67.0 Å². The number of rotatable bonds is 6. The van der Waals surface area contributed by atoms with Gasteiger partial charge in [-0.2, -0.15) is 5.10 Å². The molecule has 0 saturated carbocycles. The number of aromatic amines is 2. The van der Waals surface area contributed by atoms with Crippen LogP contribution in [-0.4, -0.2) is 30.1 Å². The van der Waals surface area contributed by atoms with Gasteiger partial charge in [-0.15, -0.1) is 0 Å². The standard InChI is InChI=1S/C29H25N7/c1-17(2)18(3)33-21-10-20(14-31-15-21)26-12-24-28(16-32-26)35-36-29(24)27-11-23-22(7-4-8-25(23)34-27)19-6-5-9-30-13-19/h4-17,33-34H,3H2,1-2H3,(H,35,36). The molecule has 1 aromatic carbocycles. The number of allylic oxidation sites excluding steroid dienone is 1. The van der Waals surface area contributed by atoms with Crippen LogP contribution in [0.1, 0.15) is 13.8 Å². The van der Waals surface area contributed by atoms with Crippen molar-refractivity contribution in [1.82, 2.24) is 30.1 Å². The summed E-state index contributed by atoms with van der Waals surface area (Å²) in [6, 6.07) is 16.5. The normalized spacial score (nSPS) is 11.4. The van der Waals surface area contributed by atoms with Gasteiger partial charge in [0.25, 0.3) is 0 Å². The molecule has 7 nitrogen and oxygen atoms in total. The largest absolute Gasteiger partial charge is 0.358 e. The number of anilines is 1. The molecule has 0 fully saturated rings. The molecule has 0 aliphatic heterocycles. The molecular weight excluding hydrogens is 446 g/mol. The quantitative estimate of drug-likeness (QED) is 0.248. The Morgan fingerprint density at radius 2 is 1.78 bits per heavy atom. The van der Waals surface area contributed by atoms with E-state index >= 15 is 0 Å². The van der Waals surface area contributed by atoms with Gasteiger partial charge in [0.2, 0.25) is 0 Å². The fraction of sp³-hybridized carbons (Fsp3) is 0.103. The van der Waals surface area contributed by atoms with Crippen LogP contribution in [0.5, 0.6) is 0 Å². The van der Waals surface area contributed by atoms with Crippen LogP contribution in [0.2, 0.25) is 0 Å². The van der Waals surface area contributed by atoms with Crippen LogP contribution in [0.15, 0.2) is 91.8 Å². The summed E-state index contributed by atoms with van der Waals surface area (Å²) in [6.45, 7) is 8.31. The van der Waals surface area contributed by atoms with Crippen LogP contribution in [0, 0.1) is 5.92 Å². The van der Waals surface area contributed by atoms with E-state index in [1.165, 1.54) is 0 Å². The van der Waals surface area contributed by atoms with Gasteiger partial charge in [0.1, 0.15) is 5.69 Å². The van der Waals surface area contributed by atoms with E-state index in [1.54, 1.807) is 12.4 Å². The predicted molar refractivity (Wildman–Crippen MR) is 145 cm³/mol. The first-order chi connectivity index (χ1) is 17.6. The van der Waals surface area contributed by atoms with Crippen molar-refractivity contribution < 1.29 is 0 Å². The summed E-state index contributed by atoms with van der Waals surface area (Å²) in [5.41, 5.74) is 9.48. The molecule has 176 valence electrons. The molecular formula is C29H25N7. The van der Waals surface area contributed by atoms with Gasteiger partial charge in [0.05, 0.1) is 35.0 Å². The van der Waals surface area contributed by atoms with E-state index in [1.807, 2.05) is 30.7 Å². The SMILES string of the molecule is C=C(Nc1cncc(-c2cc3c(-c4cc5c(-c6cccnc6)cccc5[nH]4)n[nH]c3cn2)c1)C(C)C. The second kappa shape index (κ2) is 8.78. The third kappa shape index (κ3) is 3.90. The number of hydrogen-bond donors (Lipinski definition) is 3. The molecule has 0 radical (unpaired) electrons. The van der Waals surface area contributed by atoms with Crippen molar-refractivity contribution >= 4 is 27.5 Å². The van der Waals surface area contributed by atoms with Crippen LogP contribution in [0.25, 0.3) is 55.6 Å². The molecule has 5 aromatic heterocycles. The summed E-state index contributed by atoms with van der Waals surface area (Å²) < 4.78 is 0. The maximum Gasteiger partial charge on any atom is 0.116 e. The van der Waals surface area contributed by atoms with Crippen molar-refractivity contribution in [3.63, 3.8) is 0 Å². The van der Waals surface area contributed by atoms with Crippen LogP contribution < -0.4 is 5.32 Å². The van der Waals surface area contributed by atoms with E-state index in [0.29, 0.717) is 5.92 Å². The second-order valence-corrected chi connectivity index (χ2v) is 9.15. The number of H-pyrrole nitrogens is 2. The van der Waals surface area contributed by atoms with Crippen molar-refractivity contribution in [2.75, 3.05) is 5.32 Å². The molecule has 0 saturated heterocycles. The van der Waals surface area contributed by atoms with Gasteiger partial charge in [-0.05, 0) is 41.8 Å². The number of benzene rings is 1. The lowest BCUT2D eigenvalue weighted by molar-refractivity contribution is 0.778. The Bertz CT molecular complexity index is 1710. The van der Waals surface area contributed by atoms with Gasteiger partial charge in [-0.1, -0.05) is 38.6 Å². The molecule has 36 heavy (non-hydrogen) atoms. The van der Waals surface area contributed by atoms with Gasteiger partial charge < -0.3 is 10.3 Å². The highest BCUT2D eigenvalue weighted by Gasteiger charge is 2.15. The predicted octanol–water partition coefficient (Wildman–Crippen LogP) is 6.81. The van der Waals surface area contributed by atoms with Gasteiger partial charge >= 0.3 is 0 Å². The Hall–Kier alpha value is -4.78. The first-order valence-electron chi connectivity index (χ1n) is 11.8. The highest BCUT2D eigenvalue weighted by atomic mass is 15.1. The minimum atomic E-state index is 0.326. The summed E-state index contributed by atoms with van der Waals surface area (Å²) in [4.78, 5) is 16.9. The maximum absolute atomic E-state index is 4.66. The molecule has 7 heteroatoms. The molecule has 0 unspecified atom stereocenters. The Morgan fingerprint density at radius 3 is 2.61 bits per heavy atom. The van der Waals surface area contributed by atoms with Gasteiger partial charge in [0, 0.05) is 51.7 Å². The number of hydrogen-bond acceptors (Lipinski definition) is 5. The van der Waals surface area contributed by atoms with Crippen molar-refractivity contribution in [1.29, 1.82) is 0 Å². The van der Waals surface area contributed by atoms with Gasteiger partial charge in [-0.25, -0.2) is 0 Å². The average Bonchev–Trinajstić information content (AvgIpc) is 3.53. The van der Waals surface area contributed by atoms with Crippen molar-refractivity contribution in [2.24, 2.45) is 5.92 Å². The molecule has 0 aliphatic carbocycles. The maximum atomic E-state index is 4.66. The van der Waals surface area contributed by atoms with E-state index in [2.05, 4.69) is 92.3 Å². The van der Waals surface area contributed by atoms with Crippen LogP contribution in [0.3, 0.4) is 0 Å². The van der Waals surface area contributed by atoms with Crippen molar-refractivity contribution in [3.05, 3.63) is 91.8 Å². The van der Waals surface area contributed by atoms with Crippen molar-refractivity contribution in [3.8, 4) is 33.8 Å². The summed E-state index contributed by atoms with van der Waals surface area (Å²) in [7, 11) is 0. The van der Waals surface area contributed by atoms with Gasteiger partial charge in [0.15, 0.2) is 0 Å². The minimum absolute atomic E-state index is 0.326.